The third-order valence-electron chi connectivity index (χ3n) is 5.66. The van der Waals surface area contributed by atoms with Gasteiger partial charge in [0.05, 0.1) is 10.6 Å². The summed E-state index contributed by atoms with van der Waals surface area (Å²) in [5.74, 6) is 2.18. The van der Waals surface area contributed by atoms with E-state index in [1.807, 2.05) is 48.7 Å². The zero-order chi connectivity index (χ0) is 20.8. The third-order valence-corrected chi connectivity index (χ3v) is 7.86. The van der Waals surface area contributed by atoms with E-state index in [1.54, 1.807) is 23.1 Å². The van der Waals surface area contributed by atoms with Crippen LogP contribution in [0.4, 0.5) is 0 Å². The number of nitrogens with one attached hydrogen (secondary N) is 1. The minimum atomic E-state index is -0.0637. The van der Waals surface area contributed by atoms with Crippen LogP contribution in [0.5, 0.6) is 0 Å². The van der Waals surface area contributed by atoms with Crippen LogP contribution in [-0.2, 0) is 12.8 Å². The molecular weight excluding hydrogens is 414 g/mol. The fourth-order valence-corrected chi connectivity index (χ4v) is 6.43. The first-order valence-electron chi connectivity index (χ1n) is 10.2. The highest BCUT2D eigenvalue weighted by Gasteiger charge is 2.24. The van der Waals surface area contributed by atoms with Gasteiger partial charge < -0.3 is 4.98 Å². The number of nitrogens with zero attached hydrogens (tertiary/aromatic N) is 4. The van der Waals surface area contributed by atoms with Crippen molar-refractivity contribution in [3.8, 4) is 5.69 Å². The second-order valence-corrected chi connectivity index (χ2v) is 10.3. The summed E-state index contributed by atoms with van der Waals surface area (Å²) in [6.07, 6.45) is 3.17. The molecule has 0 fully saturated rings. The Labute approximate surface area is 182 Å². The van der Waals surface area contributed by atoms with Gasteiger partial charge in [0.25, 0.3) is 5.56 Å². The standard InChI is InChI=1S/C22H23N5OS2/c1-12-9-10-16-17(11-12)30-21-18(16)20(28)23-19(24-21)13(2)29-22-26-25-14(3)27(22)15-7-5-4-6-8-15/h4-8,12-13H,9-11H2,1-3H3,(H,23,24,28). The van der Waals surface area contributed by atoms with Gasteiger partial charge in [-0.1, -0.05) is 36.9 Å². The Morgan fingerprint density at radius 2 is 2.07 bits per heavy atom. The van der Waals surface area contributed by atoms with Crippen molar-refractivity contribution in [3.05, 3.63) is 62.8 Å². The zero-order valence-electron chi connectivity index (χ0n) is 17.2. The number of rotatable bonds is 4. The van der Waals surface area contributed by atoms with Crippen LogP contribution < -0.4 is 5.56 Å². The summed E-state index contributed by atoms with van der Waals surface area (Å²) in [7, 11) is 0. The van der Waals surface area contributed by atoms with Crippen LogP contribution in [0.2, 0.25) is 0 Å². The molecule has 0 saturated carbocycles. The fraction of sp³-hybridized carbons (Fsp3) is 0.364. The van der Waals surface area contributed by atoms with E-state index in [4.69, 9.17) is 4.98 Å². The molecule has 0 aliphatic heterocycles. The van der Waals surface area contributed by atoms with Gasteiger partial charge in [-0.25, -0.2) is 4.98 Å². The van der Waals surface area contributed by atoms with Crippen molar-refractivity contribution in [3.63, 3.8) is 0 Å². The fourth-order valence-electron chi connectivity index (χ4n) is 4.07. The lowest BCUT2D eigenvalue weighted by Gasteiger charge is -2.17. The van der Waals surface area contributed by atoms with Crippen molar-refractivity contribution in [2.75, 3.05) is 0 Å². The number of H-pyrrole nitrogens is 1. The minimum Gasteiger partial charge on any atom is -0.309 e. The molecule has 0 radical (unpaired) electrons. The predicted octanol–water partition coefficient (Wildman–Crippen LogP) is 4.85. The summed E-state index contributed by atoms with van der Waals surface area (Å²) in [4.78, 5) is 23.0. The molecule has 4 aromatic rings. The molecule has 3 heterocycles. The molecule has 1 aliphatic rings. The normalized spacial score (nSPS) is 17.2. The van der Waals surface area contributed by atoms with Crippen LogP contribution in [0.25, 0.3) is 15.9 Å². The number of aromatic amines is 1. The highest BCUT2D eigenvalue weighted by molar-refractivity contribution is 7.99. The molecule has 1 aromatic carbocycles. The average Bonchev–Trinajstić information content (AvgIpc) is 3.28. The molecule has 30 heavy (non-hydrogen) atoms. The Bertz CT molecular complexity index is 1270. The molecule has 8 heteroatoms. The number of benzene rings is 1. The highest BCUT2D eigenvalue weighted by atomic mass is 32.2. The molecule has 0 bridgehead atoms. The molecule has 1 aliphatic carbocycles. The lowest BCUT2D eigenvalue weighted by molar-refractivity contribution is 0.509. The molecule has 5 rings (SSSR count). The lowest BCUT2D eigenvalue weighted by Crippen LogP contribution is -2.15. The molecule has 0 spiro atoms. The monoisotopic (exact) mass is 437 g/mol. The van der Waals surface area contributed by atoms with E-state index in [1.165, 1.54) is 10.4 Å². The molecule has 154 valence electrons. The van der Waals surface area contributed by atoms with E-state index in [-0.39, 0.29) is 10.8 Å². The van der Waals surface area contributed by atoms with Crippen LogP contribution >= 0.6 is 23.1 Å². The van der Waals surface area contributed by atoms with E-state index in [0.717, 1.165) is 46.1 Å². The van der Waals surface area contributed by atoms with Crippen LogP contribution in [0.1, 0.15) is 47.6 Å². The van der Waals surface area contributed by atoms with Gasteiger partial charge in [0.1, 0.15) is 16.5 Å². The van der Waals surface area contributed by atoms with Crippen molar-refractivity contribution >= 4 is 33.3 Å². The number of fused-ring (bicyclic) bond motifs is 3. The van der Waals surface area contributed by atoms with Crippen molar-refractivity contribution in [2.45, 2.75) is 50.4 Å². The van der Waals surface area contributed by atoms with Crippen LogP contribution in [-0.4, -0.2) is 24.7 Å². The molecule has 6 nitrogen and oxygen atoms in total. The van der Waals surface area contributed by atoms with Crippen molar-refractivity contribution in [1.29, 1.82) is 0 Å². The van der Waals surface area contributed by atoms with Crippen LogP contribution in [0.3, 0.4) is 0 Å². The van der Waals surface area contributed by atoms with Crippen LogP contribution in [0, 0.1) is 12.8 Å². The molecule has 2 atom stereocenters. The third kappa shape index (κ3) is 3.37. The predicted molar refractivity (Wildman–Crippen MR) is 122 cm³/mol. The summed E-state index contributed by atoms with van der Waals surface area (Å²) < 4.78 is 2.03. The number of thioether (sulfide) groups is 1. The van der Waals surface area contributed by atoms with Gasteiger partial charge in [0, 0.05) is 10.6 Å². The molecule has 0 saturated heterocycles. The second kappa shape index (κ2) is 7.67. The number of thiophene rings is 1. The summed E-state index contributed by atoms with van der Waals surface area (Å²) in [6, 6.07) is 10.1. The zero-order valence-corrected chi connectivity index (χ0v) is 18.8. The Balaban J connectivity index is 1.49. The molecule has 0 amide bonds. The second-order valence-electron chi connectivity index (χ2n) is 7.94. The Hall–Kier alpha value is -2.45. The Morgan fingerprint density at radius 1 is 1.27 bits per heavy atom. The molecule has 1 N–H and O–H groups in total. The maximum absolute atomic E-state index is 12.9. The lowest BCUT2D eigenvalue weighted by atomic mass is 9.89. The molecule has 3 aromatic heterocycles. The van der Waals surface area contributed by atoms with E-state index < -0.39 is 0 Å². The van der Waals surface area contributed by atoms with Gasteiger partial charge in [-0.05, 0) is 56.7 Å². The number of aryl methyl sites for hydroxylation is 2. The van der Waals surface area contributed by atoms with Crippen molar-refractivity contribution in [2.24, 2.45) is 5.92 Å². The SMILES string of the molecule is Cc1nnc(SC(C)c2nc3sc4c(c3c(=O)[nH]2)CCC(C)C4)n1-c1ccccc1. The number of hydrogen-bond acceptors (Lipinski definition) is 6. The first-order valence-corrected chi connectivity index (χ1v) is 11.9. The van der Waals surface area contributed by atoms with E-state index in [0.29, 0.717) is 11.7 Å². The number of hydrogen-bond donors (Lipinski definition) is 1. The van der Waals surface area contributed by atoms with Gasteiger partial charge in [0.2, 0.25) is 0 Å². The molecular formula is C22H23N5OS2. The number of aromatic nitrogens is 5. The maximum atomic E-state index is 12.9. The van der Waals surface area contributed by atoms with Gasteiger partial charge in [-0.2, -0.15) is 0 Å². The smallest absolute Gasteiger partial charge is 0.259 e. The summed E-state index contributed by atoms with van der Waals surface area (Å²) in [6.45, 7) is 6.27. The van der Waals surface area contributed by atoms with E-state index in [9.17, 15) is 4.79 Å². The van der Waals surface area contributed by atoms with Crippen molar-refractivity contribution in [1.82, 2.24) is 24.7 Å². The average molecular weight is 438 g/mol. The first kappa shape index (κ1) is 19.5. The van der Waals surface area contributed by atoms with Crippen LogP contribution in [0.15, 0.2) is 40.3 Å². The van der Waals surface area contributed by atoms with E-state index >= 15 is 0 Å². The maximum Gasteiger partial charge on any atom is 0.259 e. The van der Waals surface area contributed by atoms with Gasteiger partial charge >= 0.3 is 0 Å². The topological polar surface area (TPSA) is 76.5 Å². The summed E-state index contributed by atoms with van der Waals surface area (Å²) in [5, 5.41) is 10.1. The minimum absolute atomic E-state index is 0.0183. The van der Waals surface area contributed by atoms with Crippen molar-refractivity contribution < 1.29 is 0 Å². The van der Waals surface area contributed by atoms with Gasteiger partial charge in [-0.15, -0.1) is 21.5 Å². The quantitative estimate of drug-likeness (QED) is 0.462. The van der Waals surface area contributed by atoms with Gasteiger partial charge in [0.15, 0.2) is 5.16 Å². The Morgan fingerprint density at radius 3 is 2.87 bits per heavy atom. The Kier molecular flexibility index (Phi) is 4.99. The molecule has 2 unspecified atom stereocenters. The highest BCUT2D eigenvalue weighted by Crippen LogP contribution is 2.38. The van der Waals surface area contributed by atoms with Gasteiger partial charge in [-0.3, -0.25) is 9.36 Å². The largest absolute Gasteiger partial charge is 0.309 e. The number of para-hydroxylation sites is 1. The first-order chi connectivity index (χ1) is 14.5. The summed E-state index contributed by atoms with van der Waals surface area (Å²) in [5.41, 5.74) is 2.22. The summed E-state index contributed by atoms with van der Waals surface area (Å²) >= 11 is 3.24. The van der Waals surface area contributed by atoms with E-state index in [2.05, 4.69) is 22.1 Å².